The maximum Gasteiger partial charge on any atom is 0.337 e. The lowest BCUT2D eigenvalue weighted by Crippen LogP contribution is -2.48. The van der Waals surface area contributed by atoms with Gasteiger partial charge in [0.25, 0.3) is 5.91 Å². The Morgan fingerprint density at radius 2 is 1.79 bits per heavy atom. The number of hydrogen-bond acceptors (Lipinski definition) is 6. The SMILES string of the molecule is COC(=O)c1ccc(/C=N\OCC(=O)NC(=O)NC(C)(C)C)cc1. The van der Waals surface area contributed by atoms with Crippen LogP contribution in [-0.2, 0) is 14.4 Å². The van der Waals surface area contributed by atoms with E-state index < -0.39 is 30.1 Å². The third-order valence-corrected chi connectivity index (χ3v) is 2.55. The number of hydrogen-bond donors (Lipinski definition) is 2. The molecule has 0 aliphatic carbocycles. The Hall–Kier alpha value is -2.90. The first-order valence-corrected chi connectivity index (χ1v) is 7.17. The van der Waals surface area contributed by atoms with Crippen molar-refractivity contribution in [2.24, 2.45) is 5.16 Å². The van der Waals surface area contributed by atoms with Gasteiger partial charge in [-0.1, -0.05) is 17.3 Å². The summed E-state index contributed by atoms with van der Waals surface area (Å²) in [6.45, 7) is 4.99. The molecule has 1 aromatic carbocycles. The summed E-state index contributed by atoms with van der Waals surface area (Å²) in [6, 6.07) is 5.86. The van der Waals surface area contributed by atoms with Crippen LogP contribution in [0.1, 0.15) is 36.7 Å². The fourth-order valence-electron chi connectivity index (χ4n) is 1.55. The van der Waals surface area contributed by atoms with E-state index in [1.807, 2.05) is 0 Å². The second kappa shape index (κ2) is 8.66. The number of carbonyl (C=O) groups excluding carboxylic acids is 3. The highest BCUT2D eigenvalue weighted by Gasteiger charge is 2.15. The van der Waals surface area contributed by atoms with Crippen molar-refractivity contribution in [1.82, 2.24) is 10.6 Å². The third kappa shape index (κ3) is 7.39. The van der Waals surface area contributed by atoms with Crippen LogP contribution in [0.15, 0.2) is 29.4 Å². The van der Waals surface area contributed by atoms with Crippen LogP contribution in [0.25, 0.3) is 0 Å². The molecule has 8 heteroatoms. The van der Waals surface area contributed by atoms with Crippen LogP contribution in [0, 0.1) is 0 Å². The number of rotatable bonds is 5. The molecule has 0 saturated carbocycles. The van der Waals surface area contributed by atoms with Gasteiger partial charge in [0.05, 0.1) is 18.9 Å². The van der Waals surface area contributed by atoms with Gasteiger partial charge in [0, 0.05) is 5.54 Å². The van der Waals surface area contributed by atoms with Gasteiger partial charge in [-0.05, 0) is 38.5 Å². The number of amides is 3. The molecule has 0 fully saturated rings. The van der Waals surface area contributed by atoms with E-state index in [0.717, 1.165) is 0 Å². The summed E-state index contributed by atoms with van der Waals surface area (Å²) in [5, 5.41) is 8.33. The zero-order valence-corrected chi connectivity index (χ0v) is 14.1. The molecule has 0 aliphatic rings. The van der Waals surface area contributed by atoms with E-state index in [-0.39, 0.29) is 0 Å². The van der Waals surface area contributed by atoms with Gasteiger partial charge in [0.2, 0.25) is 0 Å². The number of carbonyl (C=O) groups is 3. The lowest BCUT2D eigenvalue weighted by molar-refractivity contribution is -0.124. The van der Waals surface area contributed by atoms with Gasteiger partial charge in [-0.15, -0.1) is 0 Å². The number of nitrogens with zero attached hydrogens (tertiary/aromatic N) is 1. The van der Waals surface area contributed by atoms with Crippen LogP contribution < -0.4 is 10.6 Å². The molecule has 8 nitrogen and oxygen atoms in total. The summed E-state index contributed by atoms with van der Waals surface area (Å²) < 4.78 is 4.59. The summed E-state index contributed by atoms with van der Waals surface area (Å²) in [7, 11) is 1.30. The number of imide groups is 1. The second-order valence-electron chi connectivity index (χ2n) is 5.87. The number of benzene rings is 1. The molecule has 0 aromatic heterocycles. The lowest BCUT2D eigenvalue weighted by atomic mass is 10.1. The van der Waals surface area contributed by atoms with Crippen LogP contribution >= 0.6 is 0 Å². The molecule has 0 atom stereocenters. The average molecular weight is 335 g/mol. The summed E-state index contributed by atoms with van der Waals surface area (Å²) in [5.41, 5.74) is 0.646. The monoisotopic (exact) mass is 335 g/mol. The Bertz CT molecular complexity index is 618. The van der Waals surface area contributed by atoms with Crippen LogP contribution in [0.2, 0.25) is 0 Å². The molecule has 2 N–H and O–H groups in total. The summed E-state index contributed by atoms with van der Waals surface area (Å²) >= 11 is 0. The van der Waals surface area contributed by atoms with Crippen LogP contribution in [0.5, 0.6) is 0 Å². The molecule has 24 heavy (non-hydrogen) atoms. The maximum absolute atomic E-state index is 11.5. The Balaban J connectivity index is 2.38. The highest BCUT2D eigenvalue weighted by molar-refractivity contribution is 5.95. The highest BCUT2D eigenvalue weighted by Crippen LogP contribution is 2.04. The van der Waals surface area contributed by atoms with Crippen molar-refractivity contribution < 1.29 is 24.0 Å². The number of oxime groups is 1. The van der Waals surface area contributed by atoms with Gasteiger partial charge < -0.3 is 14.9 Å². The van der Waals surface area contributed by atoms with Gasteiger partial charge in [-0.25, -0.2) is 9.59 Å². The average Bonchev–Trinajstić information content (AvgIpc) is 2.49. The predicted octanol–water partition coefficient (Wildman–Crippen LogP) is 1.45. The number of methoxy groups -OCH3 is 1. The molecule has 0 radical (unpaired) electrons. The number of urea groups is 1. The first kappa shape index (κ1) is 19.1. The van der Waals surface area contributed by atoms with E-state index in [9.17, 15) is 14.4 Å². The first-order chi connectivity index (χ1) is 11.2. The second-order valence-corrected chi connectivity index (χ2v) is 5.87. The van der Waals surface area contributed by atoms with Gasteiger partial charge in [0.15, 0.2) is 6.61 Å². The molecule has 130 valence electrons. The summed E-state index contributed by atoms with van der Waals surface area (Å²) in [5.74, 6) is -1.05. The largest absolute Gasteiger partial charge is 0.465 e. The normalized spacial score (nSPS) is 11.0. The molecule has 0 bridgehead atoms. The van der Waals surface area contributed by atoms with Gasteiger partial charge in [-0.3, -0.25) is 10.1 Å². The van der Waals surface area contributed by atoms with Gasteiger partial charge >= 0.3 is 12.0 Å². The van der Waals surface area contributed by atoms with E-state index in [1.54, 1.807) is 45.0 Å². The smallest absolute Gasteiger partial charge is 0.337 e. The van der Waals surface area contributed by atoms with Crippen molar-refractivity contribution in [3.63, 3.8) is 0 Å². The minimum atomic E-state index is -0.616. The van der Waals surface area contributed by atoms with Crippen molar-refractivity contribution >= 4 is 24.1 Å². The molecule has 1 rings (SSSR count). The molecule has 0 saturated heterocycles. The standard InChI is InChI=1S/C16H21N3O5/c1-16(2,3)19-15(22)18-13(20)10-24-17-9-11-5-7-12(8-6-11)14(21)23-4/h5-9H,10H2,1-4H3,(H2,18,19,20,22)/b17-9-. The zero-order chi connectivity index (χ0) is 18.2. The van der Waals surface area contributed by atoms with Crippen molar-refractivity contribution in [1.29, 1.82) is 0 Å². The van der Waals surface area contributed by atoms with Crippen LogP contribution in [0.4, 0.5) is 4.79 Å². The van der Waals surface area contributed by atoms with E-state index >= 15 is 0 Å². The van der Waals surface area contributed by atoms with Crippen molar-refractivity contribution in [2.75, 3.05) is 13.7 Å². The molecular formula is C16H21N3O5. The summed E-state index contributed by atoms with van der Waals surface area (Å²) in [4.78, 5) is 39.0. The molecule has 0 spiro atoms. The minimum absolute atomic E-state index is 0.395. The number of ether oxygens (including phenoxy) is 1. The summed E-state index contributed by atoms with van der Waals surface area (Å²) in [6.07, 6.45) is 1.38. The fraction of sp³-hybridized carbons (Fsp3) is 0.375. The van der Waals surface area contributed by atoms with E-state index in [4.69, 9.17) is 4.84 Å². The quantitative estimate of drug-likeness (QED) is 0.481. The van der Waals surface area contributed by atoms with E-state index in [1.165, 1.54) is 13.3 Å². The number of nitrogens with one attached hydrogen (secondary N) is 2. The van der Waals surface area contributed by atoms with E-state index in [0.29, 0.717) is 11.1 Å². The van der Waals surface area contributed by atoms with Crippen molar-refractivity contribution in [2.45, 2.75) is 26.3 Å². The Kier molecular flexibility index (Phi) is 6.91. The minimum Gasteiger partial charge on any atom is -0.465 e. The number of esters is 1. The maximum atomic E-state index is 11.5. The molecule has 0 aliphatic heterocycles. The molecular weight excluding hydrogens is 314 g/mol. The molecule has 0 unspecified atom stereocenters. The first-order valence-electron chi connectivity index (χ1n) is 7.17. The van der Waals surface area contributed by atoms with Crippen molar-refractivity contribution in [3.05, 3.63) is 35.4 Å². The molecule has 0 heterocycles. The third-order valence-electron chi connectivity index (χ3n) is 2.55. The van der Waals surface area contributed by atoms with Gasteiger partial charge in [-0.2, -0.15) is 0 Å². The highest BCUT2D eigenvalue weighted by atomic mass is 16.6. The lowest BCUT2D eigenvalue weighted by Gasteiger charge is -2.20. The Morgan fingerprint density at radius 3 is 2.33 bits per heavy atom. The molecule has 3 amide bonds. The van der Waals surface area contributed by atoms with Gasteiger partial charge in [0.1, 0.15) is 0 Å². The fourth-order valence-corrected chi connectivity index (χ4v) is 1.55. The van der Waals surface area contributed by atoms with Crippen LogP contribution in [-0.4, -0.2) is 43.4 Å². The Labute approximate surface area is 140 Å². The van der Waals surface area contributed by atoms with Crippen molar-refractivity contribution in [3.8, 4) is 0 Å². The Morgan fingerprint density at radius 1 is 1.17 bits per heavy atom. The molecule has 1 aromatic rings. The van der Waals surface area contributed by atoms with Crippen LogP contribution in [0.3, 0.4) is 0 Å². The predicted molar refractivity (Wildman–Crippen MR) is 87.8 cm³/mol. The topological polar surface area (TPSA) is 106 Å². The van der Waals surface area contributed by atoms with E-state index in [2.05, 4.69) is 20.5 Å². The zero-order valence-electron chi connectivity index (χ0n) is 14.1.